The van der Waals surface area contributed by atoms with Crippen LogP contribution >= 0.6 is 0 Å². The Kier molecular flexibility index (Phi) is 5.39. The molecule has 0 bridgehead atoms. The monoisotopic (exact) mass is 372 g/mol. The van der Waals surface area contributed by atoms with Crippen molar-refractivity contribution in [3.05, 3.63) is 36.5 Å². The Morgan fingerprint density at radius 1 is 1.33 bits per heavy atom. The lowest BCUT2D eigenvalue weighted by molar-refractivity contribution is -0.137. The van der Waals surface area contributed by atoms with Crippen molar-refractivity contribution in [2.45, 2.75) is 19.9 Å². The predicted octanol–water partition coefficient (Wildman–Crippen LogP) is 1.36. The highest BCUT2D eigenvalue weighted by atomic mass is 16.5. The Labute approximate surface area is 155 Å². The van der Waals surface area contributed by atoms with Gasteiger partial charge in [-0.1, -0.05) is 12.1 Å². The predicted molar refractivity (Wildman–Crippen MR) is 96.6 cm³/mol. The number of hydrogen-bond donors (Lipinski definition) is 2. The molecule has 2 aromatic rings. The first-order valence-corrected chi connectivity index (χ1v) is 8.56. The molecular weight excluding hydrogens is 352 g/mol. The van der Waals surface area contributed by atoms with Crippen LogP contribution in [0.5, 0.6) is 5.75 Å². The van der Waals surface area contributed by atoms with E-state index in [1.54, 1.807) is 17.0 Å². The summed E-state index contributed by atoms with van der Waals surface area (Å²) in [6.45, 7) is 2.29. The average molecular weight is 372 g/mol. The summed E-state index contributed by atoms with van der Waals surface area (Å²) in [6, 6.07) is 8.73. The van der Waals surface area contributed by atoms with E-state index in [2.05, 4.69) is 10.4 Å². The average Bonchev–Trinajstić information content (AvgIpc) is 3.21. The number of rotatable bonds is 7. The van der Waals surface area contributed by atoms with Gasteiger partial charge in [-0.2, -0.15) is 5.10 Å². The zero-order chi connectivity index (χ0) is 19.4. The third kappa shape index (κ3) is 4.25. The topological polar surface area (TPSA) is 114 Å². The van der Waals surface area contributed by atoms with E-state index in [-0.39, 0.29) is 37.1 Å². The van der Waals surface area contributed by atoms with Crippen LogP contribution in [0.2, 0.25) is 0 Å². The molecule has 0 radical (unpaired) electrons. The van der Waals surface area contributed by atoms with E-state index in [1.807, 2.05) is 19.1 Å². The maximum Gasteiger partial charge on any atom is 0.325 e. The van der Waals surface area contributed by atoms with E-state index in [0.29, 0.717) is 18.0 Å². The summed E-state index contributed by atoms with van der Waals surface area (Å²) in [5.74, 6) is -1.19. The minimum atomic E-state index is -1.03. The second kappa shape index (κ2) is 7.90. The minimum Gasteiger partial charge on any atom is -0.492 e. The van der Waals surface area contributed by atoms with Crippen molar-refractivity contribution in [2.24, 2.45) is 5.92 Å². The fourth-order valence-corrected chi connectivity index (χ4v) is 2.96. The zero-order valence-corrected chi connectivity index (χ0v) is 14.8. The number of aliphatic carboxylic acids is 1. The van der Waals surface area contributed by atoms with Gasteiger partial charge < -0.3 is 20.1 Å². The lowest BCUT2D eigenvalue weighted by Gasteiger charge is -2.20. The Hall–Kier alpha value is -3.36. The van der Waals surface area contributed by atoms with E-state index in [0.717, 1.165) is 0 Å². The summed E-state index contributed by atoms with van der Waals surface area (Å²) >= 11 is 0. The number of hydrogen-bond acceptors (Lipinski definition) is 5. The number of aromatic nitrogens is 2. The first kappa shape index (κ1) is 18.4. The van der Waals surface area contributed by atoms with Crippen LogP contribution in [0.4, 0.5) is 11.5 Å². The van der Waals surface area contributed by atoms with Crippen LogP contribution in [0.15, 0.2) is 36.5 Å². The number of amides is 2. The summed E-state index contributed by atoms with van der Waals surface area (Å²) in [4.78, 5) is 37.2. The van der Waals surface area contributed by atoms with Gasteiger partial charge in [-0.25, -0.2) is 0 Å². The Bertz CT molecular complexity index is 863. The largest absolute Gasteiger partial charge is 0.492 e. The summed E-state index contributed by atoms with van der Waals surface area (Å²) < 4.78 is 6.78. The number of ether oxygens (including phenoxy) is 1. The van der Waals surface area contributed by atoms with Crippen molar-refractivity contribution in [1.29, 1.82) is 0 Å². The lowest BCUT2D eigenvalue weighted by Crippen LogP contribution is -2.28. The normalized spacial score (nSPS) is 16.4. The van der Waals surface area contributed by atoms with E-state index in [9.17, 15) is 14.4 Å². The Morgan fingerprint density at radius 3 is 2.85 bits per heavy atom. The molecule has 1 aromatic heterocycles. The molecule has 1 atom stereocenters. The van der Waals surface area contributed by atoms with E-state index in [4.69, 9.17) is 9.84 Å². The van der Waals surface area contributed by atoms with Crippen LogP contribution in [0.25, 0.3) is 0 Å². The van der Waals surface area contributed by atoms with Gasteiger partial charge in [-0.15, -0.1) is 0 Å². The third-order valence-electron chi connectivity index (χ3n) is 4.14. The number of carbonyl (C=O) groups excluding carboxylic acids is 2. The number of anilines is 2. The van der Waals surface area contributed by atoms with Crippen LogP contribution in [0.1, 0.15) is 13.3 Å². The molecule has 1 unspecified atom stereocenters. The molecule has 3 rings (SSSR count). The van der Waals surface area contributed by atoms with Gasteiger partial charge in [0.1, 0.15) is 12.3 Å². The quantitative estimate of drug-likeness (QED) is 0.759. The zero-order valence-electron chi connectivity index (χ0n) is 14.8. The molecule has 27 heavy (non-hydrogen) atoms. The van der Waals surface area contributed by atoms with E-state index >= 15 is 0 Å². The van der Waals surface area contributed by atoms with Gasteiger partial charge in [0.15, 0.2) is 5.82 Å². The van der Waals surface area contributed by atoms with Crippen LogP contribution in [0.3, 0.4) is 0 Å². The molecular formula is C18H20N4O5. The number of benzene rings is 1. The Morgan fingerprint density at radius 2 is 2.11 bits per heavy atom. The molecule has 1 fully saturated rings. The van der Waals surface area contributed by atoms with Gasteiger partial charge >= 0.3 is 5.97 Å². The number of carboxylic acids is 1. The summed E-state index contributed by atoms with van der Waals surface area (Å²) in [5.41, 5.74) is 0.644. The third-order valence-corrected chi connectivity index (χ3v) is 4.14. The maximum atomic E-state index is 12.5. The molecule has 2 heterocycles. The van der Waals surface area contributed by atoms with E-state index < -0.39 is 11.9 Å². The lowest BCUT2D eigenvalue weighted by atomic mass is 10.1. The van der Waals surface area contributed by atoms with E-state index in [1.165, 1.54) is 16.9 Å². The van der Waals surface area contributed by atoms with Gasteiger partial charge in [-0.05, 0) is 19.1 Å². The summed E-state index contributed by atoms with van der Waals surface area (Å²) in [6.07, 6.45) is 1.55. The number of nitrogens with one attached hydrogen (secondary N) is 1. The fraction of sp³-hybridized carbons (Fsp3) is 0.333. The standard InChI is InChI=1S/C18H20N4O5/c1-2-27-14-6-4-3-5-13(14)22-10-12(9-16(22)23)18(26)19-15-7-8-21(20-15)11-17(24)25/h3-8,12H,2,9-11H2,1H3,(H,24,25)(H,19,20,26). The molecule has 9 nitrogen and oxygen atoms in total. The molecule has 1 aliphatic heterocycles. The SMILES string of the molecule is CCOc1ccccc1N1CC(C(=O)Nc2ccn(CC(=O)O)n2)CC1=O. The highest BCUT2D eigenvalue weighted by Crippen LogP contribution is 2.33. The van der Waals surface area contributed by atoms with Crippen LogP contribution in [-0.2, 0) is 20.9 Å². The van der Waals surface area contributed by atoms with Gasteiger partial charge in [0.25, 0.3) is 0 Å². The molecule has 0 aliphatic carbocycles. The number of para-hydroxylation sites is 2. The van der Waals surface area contributed by atoms with Crippen LogP contribution in [0, 0.1) is 5.92 Å². The van der Waals surface area contributed by atoms with Crippen molar-refractivity contribution in [1.82, 2.24) is 9.78 Å². The maximum absolute atomic E-state index is 12.5. The van der Waals surface area contributed by atoms with Crippen molar-refractivity contribution < 1.29 is 24.2 Å². The number of nitrogens with zero attached hydrogens (tertiary/aromatic N) is 3. The second-order valence-electron chi connectivity index (χ2n) is 6.09. The van der Waals surface area contributed by atoms with Gasteiger partial charge in [0.2, 0.25) is 11.8 Å². The second-order valence-corrected chi connectivity index (χ2v) is 6.09. The van der Waals surface area contributed by atoms with Gasteiger partial charge in [0.05, 0.1) is 18.2 Å². The molecule has 0 spiro atoms. The molecule has 142 valence electrons. The summed E-state index contributed by atoms with van der Waals surface area (Å²) in [5, 5.41) is 15.4. The van der Waals surface area contributed by atoms with Crippen LogP contribution in [-0.4, -0.2) is 45.8 Å². The smallest absolute Gasteiger partial charge is 0.325 e. The van der Waals surface area contributed by atoms with Crippen molar-refractivity contribution in [3.63, 3.8) is 0 Å². The summed E-state index contributed by atoms with van der Waals surface area (Å²) in [7, 11) is 0. The highest BCUT2D eigenvalue weighted by Gasteiger charge is 2.36. The Balaban J connectivity index is 1.67. The molecule has 2 amide bonds. The molecule has 1 aliphatic rings. The molecule has 2 N–H and O–H groups in total. The molecule has 1 saturated heterocycles. The highest BCUT2D eigenvalue weighted by molar-refractivity contribution is 6.03. The van der Waals surface area contributed by atoms with Crippen molar-refractivity contribution in [3.8, 4) is 5.75 Å². The molecule has 1 aromatic carbocycles. The van der Waals surface area contributed by atoms with Crippen molar-refractivity contribution >= 4 is 29.3 Å². The van der Waals surface area contributed by atoms with Crippen molar-refractivity contribution in [2.75, 3.05) is 23.4 Å². The molecule has 9 heteroatoms. The fourth-order valence-electron chi connectivity index (χ4n) is 2.96. The van der Waals surface area contributed by atoms with Gasteiger partial charge in [-0.3, -0.25) is 19.1 Å². The number of carbonyl (C=O) groups is 3. The van der Waals surface area contributed by atoms with Crippen LogP contribution < -0.4 is 15.0 Å². The molecule has 0 saturated carbocycles. The first-order chi connectivity index (χ1) is 13.0. The first-order valence-electron chi connectivity index (χ1n) is 8.56. The minimum absolute atomic E-state index is 0.0854. The number of carboxylic acid groups (broad SMARTS) is 1. The van der Waals surface area contributed by atoms with Gasteiger partial charge in [0, 0.05) is 25.2 Å².